The summed E-state index contributed by atoms with van der Waals surface area (Å²) in [4.78, 5) is 0. The Kier molecular flexibility index (Phi) is 0.805. The fraction of sp³-hybridized carbons (Fsp3) is 0.800. The SMILES string of the molecule is C1=CC23CC2CCC3CC1. The Balaban J connectivity index is 2.01. The van der Waals surface area contributed by atoms with E-state index < -0.39 is 0 Å². The van der Waals surface area contributed by atoms with Crippen molar-refractivity contribution < 1.29 is 0 Å². The largest absolute Gasteiger partial charge is 0.0879 e. The zero-order valence-corrected chi connectivity index (χ0v) is 6.34. The summed E-state index contributed by atoms with van der Waals surface area (Å²) in [6, 6.07) is 0. The van der Waals surface area contributed by atoms with E-state index in [1.54, 1.807) is 0 Å². The highest BCUT2D eigenvalue weighted by Gasteiger charge is 2.60. The van der Waals surface area contributed by atoms with Crippen molar-refractivity contribution in [2.24, 2.45) is 17.3 Å². The Morgan fingerprint density at radius 2 is 2.00 bits per heavy atom. The van der Waals surface area contributed by atoms with Crippen molar-refractivity contribution in [3.8, 4) is 0 Å². The van der Waals surface area contributed by atoms with Crippen LogP contribution in [0.4, 0.5) is 0 Å². The zero-order chi connectivity index (χ0) is 6.60. The first-order chi connectivity index (χ1) is 4.92. The summed E-state index contributed by atoms with van der Waals surface area (Å²) < 4.78 is 0. The lowest BCUT2D eigenvalue weighted by molar-refractivity contribution is 0.357. The molecule has 2 fully saturated rings. The van der Waals surface area contributed by atoms with E-state index in [1.165, 1.54) is 32.1 Å². The first-order valence-corrected chi connectivity index (χ1v) is 4.59. The smallest absolute Gasteiger partial charge is 0.00584 e. The van der Waals surface area contributed by atoms with Gasteiger partial charge in [0.25, 0.3) is 0 Å². The molecule has 0 saturated heterocycles. The minimum absolute atomic E-state index is 0.776. The van der Waals surface area contributed by atoms with Crippen molar-refractivity contribution in [3.63, 3.8) is 0 Å². The maximum Gasteiger partial charge on any atom is -0.00584 e. The molecule has 0 amide bonds. The second kappa shape index (κ2) is 1.49. The van der Waals surface area contributed by atoms with Gasteiger partial charge in [0.1, 0.15) is 0 Å². The maximum absolute atomic E-state index is 2.54. The van der Waals surface area contributed by atoms with Gasteiger partial charge >= 0.3 is 0 Å². The van der Waals surface area contributed by atoms with Gasteiger partial charge in [-0.2, -0.15) is 0 Å². The Morgan fingerprint density at radius 1 is 1.10 bits per heavy atom. The third kappa shape index (κ3) is 0.457. The van der Waals surface area contributed by atoms with Crippen molar-refractivity contribution in [2.75, 3.05) is 0 Å². The third-order valence-electron chi connectivity index (χ3n) is 3.93. The van der Waals surface area contributed by atoms with Crippen LogP contribution in [0.15, 0.2) is 12.2 Å². The van der Waals surface area contributed by atoms with Crippen LogP contribution in [0, 0.1) is 17.3 Å². The third-order valence-corrected chi connectivity index (χ3v) is 3.93. The highest BCUT2D eigenvalue weighted by Crippen LogP contribution is 2.69. The molecule has 0 heteroatoms. The molecule has 3 unspecified atom stereocenters. The predicted molar refractivity (Wildman–Crippen MR) is 41.6 cm³/mol. The van der Waals surface area contributed by atoms with Crippen LogP contribution in [0.1, 0.15) is 32.1 Å². The van der Waals surface area contributed by atoms with Gasteiger partial charge in [-0.25, -0.2) is 0 Å². The van der Waals surface area contributed by atoms with E-state index >= 15 is 0 Å². The molecule has 2 saturated carbocycles. The fourth-order valence-electron chi connectivity index (χ4n) is 3.26. The van der Waals surface area contributed by atoms with Crippen LogP contribution in [-0.4, -0.2) is 0 Å². The zero-order valence-electron chi connectivity index (χ0n) is 6.34. The quantitative estimate of drug-likeness (QED) is 0.447. The standard InChI is InChI=1S/C10H14/c1-2-6-10-7-9(10)5-4-8(10)3-1/h2,6,8-9H,1,3-5,7H2. The van der Waals surface area contributed by atoms with E-state index in [1.807, 2.05) is 0 Å². The molecule has 54 valence electrons. The van der Waals surface area contributed by atoms with Crippen LogP contribution < -0.4 is 0 Å². The molecule has 10 heavy (non-hydrogen) atoms. The van der Waals surface area contributed by atoms with Crippen LogP contribution in [0.25, 0.3) is 0 Å². The molecule has 0 N–H and O–H groups in total. The van der Waals surface area contributed by atoms with E-state index in [-0.39, 0.29) is 0 Å². The van der Waals surface area contributed by atoms with Gasteiger partial charge in [-0.1, -0.05) is 12.2 Å². The molecule has 0 aromatic heterocycles. The Labute approximate surface area is 62.3 Å². The predicted octanol–water partition coefficient (Wildman–Crippen LogP) is 2.75. The first kappa shape index (κ1) is 5.40. The highest BCUT2D eigenvalue weighted by molar-refractivity contribution is 5.23. The number of hydrogen-bond acceptors (Lipinski definition) is 0. The van der Waals surface area contributed by atoms with Gasteiger partial charge in [0, 0.05) is 0 Å². The van der Waals surface area contributed by atoms with Gasteiger partial charge in [0.05, 0.1) is 0 Å². The molecule has 3 rings (SSSR count). The minimum Gasteiger partial charge on any atom is -0.0879 e. The minimum atomic E-state index is 0.776. The average molecular weight is 134 g/mol. The first-order valence-electron chi connectivity index (χ1n) is 4.59. The Morgan fingerprint density at radius 3 is 2.80 bits per heavy atom. The lowest BCUT2D eigenvalue weighted by atomic mass is 9.82. The van der Waals surface area contributed by atoms with Crippen molar-refractivity contribution in [3.05, 3.63) is 12.2 Å². The molecule has 0 aromatic carbocycles. The summed E-state index contributed by atoms with van der Waals surface area (Å²) in [5, 5.41) is 0. The van der Waals surface area contributed by atoms with Crippen molar-refractivity contribution in [1.29, 1.82) is 0 Å². The van der Waals surface area contributed by atoms with Crippen molar-refractivity contribution >= 4 is 0 Å². The average Bonchev–Trinajstić information content (AvgIpc) is 2.55. The Bertz CT molecular complexity index is 192. The van der Waals surface area contributed by atoms with E-state index in [2.05, 4.69) is 12.2 Å². The summed E-state index contributed by atoms with van der Waals surface area (Å²) in [6.45, 7) is 0. The molecule has 0 heterocycles. The van der Waals surface area contributed by atoms with Crippen LogP contribution in [0.2, 0.25) is 0 Å². The van der Waals surface area contributed by atoms with Gasteiger partial charge in [-0.15, -0.1) is 0 Å². The fourth-order valence-corrected chi connectivity index (χ4v) is 3.26. The van der Waals surface area contributed by atoms with Gasteiger partial charge in [-0.3, -0.25) is 0 Å². The van der Waals surface area contributed by atoms with Gasteiger partial charge in [-0.05, 0) is 49.4 Å². The number of hydrogen-bond donors (Lipinski definition) is 0. The van der Waals surface area contributed by atoms with Gasteiger partial charge in [0.2, 0.25) is 0 Å². The molecule has 3 aliphatic carbocycles. The molecule has 3 aliphatic rings. The lowest BCUT2D eigenvalue weighted by Gasteiger charge is -2.23. The summed E-state index contributed by atoms with van der Waals surface area (Å²) >= 11 is 0. The molecule has 3 atom stereocenters. The summed E-state index contributed by atoms with van der Waals surface area (Å²) in [5.74, 6) is 2.22. The van der Waals surface area contributed by atoms with Crippen LogP contribution >= 0.6 is 0 Å². The van der Waals surface area contributed by atoms with E-state index in [4.69, 9.17) is 0 Å². The molecule has 0 aromatic rings. The molecule has 0 radical (unpaired) electrons. The summed E-state index contributed by atoms with van der Waals surface area (Å²) in [5.41, 5.74) is 0.776. The molecule has 0 bridgehead atoms. The van der Waals surface area contributed by atoms with Crippen LogP contribution in [0.5, 0.6) is 0 Å². The van der Waals surface area contributed by atoms with Crippen LogP contribution in [-0.2, 0) is 0 Å². The van der Waals surface area contributed by atoms with E-state index in [9.17, 15) is 0 Å². The van der Waals surface area contributed by atoms with E-state index in [0.717, 1.165) is 17.3 Å². The monoisotopic (exact) mass is 134 g/mol. The van der Waals surface area contributed by atoms with Crippen molar-refractivity contribution in [1.82, 2.24) is 0 Å². The summed E-state index contributed by atoms with van der Waals surface area (Å²) in [6.07, 6.45) is 12.4. The topological polar surface area (TPSA) is 0 Å². The number of rotatable bonds is 0. The van der Waals surface area contributed by atoms with Gasteiger partial charge in [0.15, 0.2) is 0 Å². The van der Waals surface area contributed by atoms with Crippen LogP contribution in [0.3, 0.4) is 0 Å². The highest BCUT2D eigenvalue weighted by atomic mass is 14.6. The number of allylic oxidation sites excluding steroid dienone is 2. The molecule has 0 aliphatic heterocycles. The molecular weight excluding hydrogens is 120 g/mol. The molecule has 1 spiro atoms. The summed E-state index contributed by atoms with van der Waals surface area (Å²) in [7, 11) is 0. The second-order valence-electron chi connectivity index (χ2n) is 4.27. The lowest BCUT2D eigenvalue weighted by Crippen LogP contribution is -2.13. The van der Waals surface area contributed by atoms with E-state index in [0.29, 0.717) is 0 Å². The van der Waals surface area contributed by atoms with Gasteiger partial charge < -0.3 is 0 Å². The normalized spacial score (nSPS) is 56.0. The molecule has 0 nitrogen and oxygen atoms in total. The maximum atomic E-state index is 2.54. The Hall–Kier alpha value is -0.260. The van der Waals surface area contributed by atoms with Crippen molar-refractivity contribution in [2.45, 2.75) is 32.1 Å². The second-order valence-corrected chi connectivity index (χ2v) is 4.27. The molecular formula is C10H14.